The molecular formula is C25H32BN3O7. The zero-order valence-corrected chi connectivity index (χ0v) is 20.7. The van der Waals surface area contributed by atoms with E-state index in [0.717, 1.165) is 36.1 Å². The molecular weight excluding hydrogens is 465 g/mol. The lowest BCUT2D eigenvalue weighted by atomic mass is 9.63. The summed E-state index contributed by atoms with van der Waals surface area (Å²) < 4.78 is 5.67. The lowest BCUT2D eigenvalue weighted by molar-refractivity contribution is -0.153. The van der Waals surface area contributed by atoms with E-state index >= 15 is 0 Å². The molecule has 2 atom stereocenters. The maximum atomic E-state index is 13.5. The number of carbonyl (C=O) groups is 5. The fourth-order valence-electron chi connectivity index (χ4n) is 5.45. The molecule has 0 bridgehead atoms. The topological polar surface area (TPSA) is 133 Å². The number of fused-ring (bicyclic) bond motifs is 1. The van der Waals surface area contributed by atoms with Crippen molar-refractivity contribution in [2.45, 2.75) is 64.2 Å². The van der Waals surface area contributed by atoms with E-state index in [1.54, 1.807) is 25.1 Å². The number of nitrogens with one attached hydrogen (secondary N) is 1. The largest absolute Gasteiger partial charge is 0.535 e. The van der Waals surface area contributed by atoms with Gasteiger partial charge in [-0.1, -0.05) is 25.0 Å². The van der Waals surface area contributed by atoms with Crippen LogP contribution in [-0.4, -0.2) is 77.0 Å². The number of carbonyl (C=O) groups excluding carboxylic acids is 5. The Hall–Kier alpha value is -3.21. The Kier molecular flexibility index (Phi) is 7.78. The fourth-order valence-corrected chi connectivity index (χ4v) is 5.45. The zero-order valence-electron chi connectivity index (χ0n) is 20.7. The Morgan fingerprint density at radius 1 is 1.17 bits per heavy atom. The van der Waals surface area contributed by atoms with Crippen LogP contribution in [0.25, 0.3) is 0 Å². The first-order valence-corrected chi connectivity index (χ1v) is 12.6. The summed E-state index contributed by atoms with van der Waals surface area (Å²) in [4.78, 5) is 65.4. The summed E-state index contributed by atoms with van der Waals surface area (Å²) in [5, 5.41) is 13.4. The number of piperazine rings is 1. The lowest BCUT2D eigenvalue weighted by Gasteiger charge is -2.34. The van der Waals surface area contributed by atoms with Crippen molar-refractivity contribution in [2.24, 2.45) is 5.92 Å². The normalized spacial score (nSPS) is 21.2. The number of ketones is 2. The van der Waals surface area contributed by atoms with Crippen LogP contribution in [-0.2, 0) is 20.8 Å². The molecule has 0 aromatic heterocycles. The molecule has 192 valence electrons. The number of hydrogen-bond donors (Lipinski definition) is 2. The molecule has 1 saturated carbocycles. The second-order valence-electron chi connectivity index (χ2n) is 9.81. The van der Waals surface area contributed by atoms with Gasteiger partial charge in [-0.25, -0.2) is 4.79 Å². The van der Waals surface area contributed by atoms with Gasteiger partial charge < -0.3 is 19.9 Å². The maximum Gasteiger partial charge on any atom is 0.526 e. The quantitative estimate of drug-likeness (QED) is 0.332. The minimum atomic E-state index is -1.27. The van der Waals surface area contributed by atoms with Gasteiger partial charge in [0.05, 0.1) is 11.6 Å². The highest BCUT2D eigenvalue weighted by molar-refractivity contribution is 6.47. The molecule has 4 rings (SSSR count). The van der Waals surface area contributed by atoms with Gasteiger partial charge in [-0.05, 0) is 50.7 Å². The van der Waals surface area contributed by atoms with Crippen LogP contribution in [0, 0.1) is 5.92 Å². The van der Waals surface area contributed by atoms with Gasteiger partial charge in [-0.2, -0.15) is 0 Å². The lowest BCUT2D eigenvalue weighted by Crippen LogP contribution is -2.60. The van der Waals surface area contributed by atoms with E-state index in [-0.39, 0.29) is 37.0 Å². The Balaban J connectivity index is 1.47. The van der Waals surface area contributed by atoms with Crippen LogP contribution in [0.1, 0.15) is 61.9 Å². The first-order chi connectivity index (χ1) is 17.2. The highest BCUT2D eigenvalue weighted by atomic mass is 16.5. The Morgan fingerprint density at radius 2 is 1.89 bits per heavy atom. The van der Waals surface area contributed by atoms with Crippen LogP contribution >= 0.6 is 0 Å². The second-order valence-corrected chi connectivity index (χ2v) is 9.81. The predicted molar refractivity (Wildman–Crippen MR) is 130 cm³/mol. The third-order valence-electron chi connectivity index (χ3n) is 7.50. The molecule has 1 saturated heterocycles. The molecule has 1 unspecified atom stereocenters. The minimum Gasteiger partial charge on any atom is -0.535 e. The first-order valence-electron chi connectivity index (χ1n) is 12.6. The van der Waals surface area contributed by atoms with Crippen LogP contribution in [0.4, 0.5) is 4.79 Å². The molecule has 0 radical (unpaired) electrons. The van der Waals surface area contributed by atoms with Crippen LogP contribution in [0.2, 0.25) is 5.82 Å². The molecule has 1 aromatic rings. The fraction of sp³-hybridized carbons (Fsp3) is 0.560. The van der Waals surface area contributed by atoms with Crippen molar-refractivity contribution >= 4 is 36.5 Å². The molecule has 2 heterocycles. The SMILES string of the molecule is CCN1CCN(C(=O)NC(C(=O)C[C@H]2Cc3cccc(C(C)=O)c3OB2O)C2CCCC2)C(=O)C1=O. The van der Waals surface area contributed by atoms with Crippen molar-refractivity contribution in [1.29, 1.82) is 0 Å². The Morgan fingerprint density at radius 3 is 2.56 bits per heavy atom. The van der Waals surface area contributed by atoms with E-state index in [9.17, 15) is 29.0 Å². The number of urea groups is 1. The number of hydrogen-bond acceptors (Lipinski definition) is 7. The molecule has 4 amide bonds. The van der Waals surface area contributed by atoms with E-state index in [4.69, 9.17) is 4.65 Å². The summed E-state index contributed by atoms with van der Waals surface area (Å²) in [6.07, 6.45) is 3.72. The van der Waals surface area contributed by atoms with Crippen molar-refractivity contribution in [3.8, 4) is 5.75 Å². The molecule has 1 aromatic carbocycles. The van der Waals surface area contributed by atoms with E-state index < -0.39 is 36.8 Å². The minimum absolute atomic E-state index is 0.0388. The smallest absolute Gasteiger partial charge is 0.526 e. The van der Waals surface area contributed by atoms with Gasteiger partial charge in [0, 0.05) is 31.9 Å². The number of imide groups is 1. The molecule has 36 heavy (non-hydrogen) atoms. The summed E-state index contributed by atoms with van der Waals surface area (Å²) in [6, 6.07) is 3.61. The van der Waals surface area contributed by atoms with Gasteiger partial charge in [0.25, 0.3) is 0 Å². The molecule has 10 nitrogen and oxygen atoms in total. The summed E-state index contributed by atoms with van der Waals surface area (Å²) in [6.45, 7) is 3.89. The van der Waals surface area contributed by atoms with Crippen LogP contribution in [0.3, 0.4) is 0 Å². The Labute approximate surface area is 210 Å². The Bertz CT molecular complexity index is 1070. The van der Waals surface area contributed by atoms with E-state index in [1.165, 1.54) is 11.8 Å². The third-order valence-corrected chi connectivity index (χ3v) is 7.50. The molecule has 2 N–H and O–H groups in total. The van der Waals surface area contributed by atoms with Crippen molar-refractivity contribution in [3.63, 3.8) is 0 Å². The van der Waals surface area contributed by atoms with E-state index in [0.29, 0.717) is 24.3 Å². The number of amides is 4. The van der Waals surface area contributed by atoms with Crippen molar-refractivity contribution in [1.82, 2.24) is 15.1 Å². The molecule has 1 aliphatic carbocycles. The standard InChI is InChI=1S/C25H32BN3O7/c1-3-28-11-12-29(24(33)23(28)32)25(34)27-21(16-7-4-5-8-16)20(31)14-18-13-17-9-6-10-19(15(2)30)22(17)36-26(18)35/h6,9-10,16,18,21,35H,3-5,7-8,11-14H2,1-2H3,(H,27,34)/t18-,21?/m1/s1. The molecule has 11 heteroatoms. The first kappa shape index (κ1) is 25.9. The van der Waals surface area contributed by atoms with Gasteiger partial charge in [0.2, 0.25) is 0 Å². The van der Waals surface area contributed by atoms with Gasteiger partial charge in [-0.3, -0.25) is 24.1 Å². The molecule has 0 spiro atoms. The van der Waals surface area contributed by atoms with Crippen LogP contribution < -0.4 is 9.97 Å². The number of nitrogens with zero attached hydrogens (tertiary/aromatic N) is 2. The predicted octanol–water partition coefficient (Wildman–Crippen LogP) is 1.59. The number of rotatable bonds is 7. The van der Waals surface area contributed by atoms with Crippen LogP contribution in [0.15, 0.2) is 18.2 Å². The van der Waals surface area contributed by atoms with Gasteiger partial charge >= 0.3 is 25.0 Å². The van der Waals surface area contributed by atoms with Gasteiger partial charge in [0.1, 0.15) is 5.75 Å². The second kappa shape index (κ2) is 10.8. The van der Waals surface area contributed by atoms with Crippen molar-refractivity contribution < 1.29 is 33.7 Å². The summed E-state index contributed by atoms with van der Waals surface area (Å²) in [5.41, 5.74) is 1.12. The molecule has 3 aliphatic rings. The van der Waals surface area contributed by atoms with Gasteiger partial charge in [0.15, 0.2) is 11.6 Å². The van der Waals surface area contributed by atoms with Crippen molar-refractivity contribution in [2.75, 3.05) is 19.6 Å². The number of para-hydroxylation sites is 1. The van der Waals surface area contributed by atoms with Crippen molar-refractivity contribution in [3.05, 3.63) is 29.3 Å². The van der Waals surface area contributed by atoms with E-state index in [1.807, 2.05) is 0 Å². The summed E-state index contributed by atoms with van der Waals surface area (Å²) >= 11 is 0. The monoisotopic (exact) mass is 497 g/mol. The number of benzene rings is 1. The maximum absolute atomic E-state index is 13.5. The average Bonchev–Trinajstić information content (AvgIpc) is 3.38. The molecule has 2 aliphatic heterocycles. The third kappa shape index (κ3) is 5.16. The summed E-state index contributed by atoms with van der Waals surface area (Å²) in [7, 11) is -1.27. The highest BCUT2D eigenvalue weighted by Gasteiger charge is 2.42. The van der Waals surface area contributed by atoms with Gasteiger partial charge in [-0.15, -0.1) is 0 Å². The number of likely N-dealkylation sites (N-methyl/N-ethyl adjacent to an activating group) is 1. The summed E-state index contributed by atoms with van der Waals surface area (Å²) in [5.74, 6) is -2.34. The van der Waals surface area contributed by atoms with E-state index in [2.05, 4.69) is 5.32 Å². The average molecular weight is 497 g/mol. The molecule has 2 fully saturated rings. The zero-order chi connectivity index (χ0) is 26.0. The van der Waals surface area contributed by atoms with Crippen LogP contribution in [0.5, 0.6) is 5.75 Å². The number of Topliss-reactive ketones (excluding diaryl/α,β-unsaturated/α-hetero) is 2. The highest BCUT2D eigenvalue weighted by Crippen LogP contribution is 2.37.